The molecule has 2 heteroatoms. The monoisotopic (exact) mass is 172 g/mol. The summed E-state index contributed by atoms with van der Waals surface area (Å²) in [4.78, 5) is 0. The quantitative estimate of drug-likeness (QED) is 0.616. The van der Waals surface area contributed by atoms with E-state index < -0.39 is 0 Å². The van der Waals surface area contributed by atoms with Gasteiger partial charge in [0.2, 0.25) is 0 Å². The lowest BCUT2D eigenvalue weighted by molar-refractivity contribution is 0.390. The van der Waals surface area contributed by atoms with Crippen LogP contribution in [0.15, 0.2) is 0 Å². The Morgan fingerprint density at radius 1 is 1.17 bits per heavy atom. The first-order chi connectivity index (χ1) is 5.72. The van der Waals surface area contributed by atoms with Gasteiger partial charge in [-0.1, -0.05) is 26.7 Å². The Labute approximate surface area is 76.7 Å². The fraction of sp³-hybridized carbons (Fsp3) is 1.00. The van der Waals surface area contributed by atoms with Gasteiger partial charge < -0.3 is 11.5 Å². The third kappa shape index (κ3) is 5.56. The molecule has 0 aliphatic rings. The van der Waals surface area contributed by atoms with Gasteiger partial charge in [0.05, 0.1) is 0 Å². The second-order valence-corrected chi connectivity index (χ2v) is 3.71. The Balaban J connectivity index is 3.39. The van der Waals surface area contributed by atoms with Crippen LogP contribution in [0.5, 0.6) is 0 Å². The summed E-state index contributed by atoms with van der Waals surface area (Å²) in [6.07, 6.45) is 5.97. The number of hydrogen-bond donors (Lipinski definition) is 2. The molecule has 0 aromatic heterocycles. The van der Waals surface area contributed by atoms with Gasteiger partial charge in [-0.2, -0.15) is 0 Å². The van der Waals surface area contributed by atoms with Crippen molar-refractivity contribution < 1.29 is 0 Å². The van der Waals surface area contributed by atoms with E-state index in [1.54, 1.807) is 0 Å². The van der Waals surface area contributed by atoms with Gasteiger partial charge in [0.15, 0.2) is 0 Å². The summed E-state index contributed by atoms with van der Waals surface area (Å²) < 4.78 is 0. The van der Waals surface area contributed by atoms with Crippen LogP contribution in [0.2, 0.25) is 0 Å². The highest BCUT2D eigenvalue weighted by Gasteiger charge is 2.10. The van der Waals surface area contributed by atoms with Crippen LogP contribution in [0.25, 0.3) is 0 Å². The minimum Gasteiger partial charge on any atom is -0.330 e. The third-order valence-corrected chi connectivity index (χ3v) is 2.49. The number of hydrogen-bond acceptors (Lipinski definition) is 2. The molecule has 0 saturated heterocycles. The van der Waals surface area contributed by atoms with Gasteiger partial charge in [-0.3, -0.25) is 0 Å². The van der Waals surface area contributed by atoms with Gasteiger partial charge in [-0.25, -0.2) is 0 Å². The molecule has 2 atom stereocenters. The highest BCUT2D eigenvalue weighted by atomic mass is 14.6. The molecule has 0 fully saturated rings. The Bertz CT molecular complexity index is 81.8. The van der Waals surface area contributed by atoms with Crippen LogP contribution in [0.3, 0.4) is 0 Å². The van der Waals surface area contributed by atoms with Crippen molar-refractivity contribution in [3.63, 3.8) is 0 Å². The van der Waals surface area contributed by atoms with Crippen molar-refractivity contribution >= 4 is 0 Å². The summed E-state index contributed by atoms with van der Waals surface area (Å²) in [6.45, 7) is 5.23. The fourth-order valence-corrected chi connectivity index (χ4v) is 1.38. The lowest BCUT2D eigenvalue weighted by Gasteiger charge is -2.19. The van der Waals surface area contributed by atoms with E-state index in [-0.39, 0.29) is 0 Å². The summed E-state index contributed by atoms with van der Waals surface area (Å²) in [7, 11) is 0. The van der Waals surface area contributed by atoms with E-state index in [9.17, 15) is 0 Å². The summed E-state index contributed by atoms with van der Waals surface area (Å²) >= 11 is 0. The van der Waals surface area contributed by atoms with Crippen LogP contribution in [0.1, 0.15) is 46.0 Å². The highest BCUT2D eigenvalue weighted by molar-refractivity contribution is 4.68. The topological polar surface area (TPSA) is 52.0 Å². The summed E-state index contributed by atoms with van der Waals surface area (Å²) in [6, 6.07) is 0.386. The maximum absolute atomic E-state index is 6.00. The number of nitrogens with two attached hydrogens (primary N) is 2. The van der Waals surface area contributed by atoms with Crippen LogP contribution < -0.4 is 11.5 Å². The van der Waals surface area contributed by atoms with Crippen molar-refractivity contribution in [1.29, 1.82) is 0 Å². The third-order valence-electron chi connectivity index (χ3n) is 2.49. The van der Waals surface area contributed by atoms with Crippen LogP contribution in [-0.4, -0.2) is 12.6 Å². The van der Waals surface area contributed by atoms with Crippen molar-refractivity contribution in [2.45, 2.75) is 52.0 Å². The van der Waals surface area contributed by atoms with E-state index in [0.717, 1.165) is 13.0 Å². The smallest absolute Gasteiger partial charge is 0.00645 e. The van der Waals surface area contributed by atoms with Gasteiger partial charge in [0.25, 0.3) is 0 Å². The summed E-state index contributed by atoms with van der Waals surface area (Å²) in [5.74, 6) is 0.639. The van der Waals surface area contributed by atoms with Crippen molar-refractivity contribution in [2.24, 2.45) is 17.4 Å². The first-order valence-corrected chi connectivity index (χ1v) is 5.18. The van der Waals surface area contributed by atoms with E-state index in [0.29, 0.717) is 12.0 Å². The molecule has 0 aliphatic heterocycles. The molecule has 0 bridgehead atoms. The maximum atomic E-state index is 6.00. The Kier molecular flexibility index (Phi) is 7.51. The predicted octanol–water partition coefficient (Wildman–Crippen LogP) is 1.88. The molecular formula is C10H24N2. The molecule has 0 amide bonds. The maximum Gasteiger partial charge on any atom is 0.00645 e. The molecule has 2 unspecified atom stereocenters. The molecule has 12 heavy (non-hydrogen) atoms. The van der Waals surface area contributed by atoms with Gasteiger partial charge in [-0.15, -0.1) is 0 Å². The van der Waals surface area contributed by atoms with Crippen molar-refractivity contribution in [2.75, 3.05) is 6.54 Å². The van der Waals surface area contributed by atoms with Crippen molar-refractivity contribution in [1.82, 2.24) is 0 Å². The normalized spacial score (nSPS) is 16.0. The standard InChI is InChI=1S/C10H24N2/c1-3-4-7-10(12)9(2)6-5-8-11/h9-10H,3-8,11-12H2,1-2H3. The highest BCUT2D eigenvalue weighted by Crippen LogP contribution is 2.13. The second kappa shape index (κ2) is 7.56. The van der Waals surface area contributed by atoms with Crippen LogP contribution in [-0.2, 0) is 0 Å². The van der Waals surface area contributed by atoms with Crippen LogP contribution in [0.4, 0.5) is 0 Å². The lowest BCUT2D eigenvalue weighted by Crippen LogP contribution is -2.28. The van der Waals surface area contributed by atoms with E-state index in [1.165, 1.54) is 25.7 Å². The van der Waals surface area contributed by atoms with Gasteiger partial charge in [0, 0.05) is 6.04 Å². The second-order valence-electron chi connectivity index (χ2n) is 3.71. The van der Waals surface area contributed by atoms with Gasteiger partial charge in [-0.05, 0) is 31.7 Å². The van der Waals surface area contributed by atoms with Gasteiger partial charge in [0.1, 0.15) is 0 Å². The molecule has 4 N–H and O–H groups in total. The van der Waals surface area contributed by atoms with E-state index >= 15 is 0 Å². The van der Waals surface area contributed by atoms with Crippen LogP contribution in [0, 0.1) is 5.92 Å². The molecule has 0 saturated carbocycles. The molecule has 0 aliphatic carbocycles. The molecule has 0 rings (SSSR count). The Morgan fingerprint density at radius 2 is 1.83 bits per heavy atom. The van der Waals surface area contributed by atoms with E-state index in [2.05, 4.69) is 13.8 Å². The number of rotatable bonds is 7. The van der Waals surface area contributed by atoms with Gasteiger partial charge >= 0.3 is 0 Å². The molecule has 0 aromatic rings. The Hall–Kier alpha value is -0.0800. The zero-order valence-electron chi connectivity index (χ0n) is 8.55. The lowest BCUT2D eigenvalue weighted by atomic mass is 9.93. The van der Waals surface area contributed by atoms with Crippen molar-refractivity contribution in [3.05, 3.63) is 0 Å². The zero-order valence-corrected chi connectivity index (χ0v) is 8.55. The minimum absolute atomic E-state index is 0.386. The molecule has 0 radical (unpaired) electrons. The summed E-state index contributed by atoms with van der Waals surface area (Å²) in [5.41, 5.74) is 11.4. The average Bonchev–Trinajstić information content (AvgIpc) is 2.10. The van der Waals surface area contributed by atoms with E-state index in [4.69, 9.17) is 11.5 Å². The SMILES string of the molecule is CCCCC(N)C(C)CCCN. The fourth-order valence-electron chi connectivity index (χ4n) is 1.38. The first-order valence-electron chi connectivity index (χ1n) is 5.18. The molecule has 74 valence electrons. The number of unbranched alkanes of at least 4 members (excludes halogenated alkanes) is 1. The zero-order chi connectivity index (χ0) is 9.40. The summed E-state index contributed by atoms with van der Waals surface area (Å²) in [5, 5.41) is 0. The average molecular weight is 172 g/mol. The predicted molar refractivity (Wildman–Crippen MR) is 55.0 cm³/mol. The molecule has 0 spiro atoms. The minimum atomic E-state index is 0.386. The molecule has 2 nitrogen and oxygen atoms in total. The first kappa shape index (κ1) is 11.9. The van der Waals surface area contributed by atoms with Crippen LogP contribution >= 0.6 is 0 Å². The molecule has 0 heterocycles. The largest absolute Gasteiger partial charge is 0.330 e. The van der Waals surface area contributed by atoms with Crippen molar-refractivity contribution in [3.8, 4) is 0 Å². The molecular weight excluding hydrogens is 148 g/mol. The molecule has 0 aromatic carbocycles. The Morgan fingerprint density at radius 3 is 2.33 bits per heavy atom. The van der Waals surface area contributed by atoms with E-state index in [1.807, 2.05) is 0 Å².